The van der Waals surface area contributed by atoms with Crippen LogP contribution < -0.4 is 15.0 Å². The van der Waals surface area contributed by atoms with Crippen molar-refractivity contribution in [3.63, 3.8) is 0 Å². The first kappa shape index (κ1) is 19.1. The number of rotatable bonds is 5. The van der Waals surface area contributed by atoms with Crippen molar-refractivity contribution in [2.45, 2.75) is 39.8 Å². The number of hydrogen-bond acceptors (Lipinski definition) is 4. The first-order valence-corrected chi connectivity index (χ1v) is 9.48. The molecule has 0 unspecified atom stereocenters. The van der Waals surface area contributed by atoms with Gasteiger partial charge in [-0.05, 0) is 45.9 Å². The number of fused-ring (bicyclic) bond motifs is 1. The van der Waals surface area contributed by atoms with Crippen LogP contribution in [0.3, 0.4) is 0 Å². The van der Waals surface area contributed by atoms with Crippen LogP contribution in [0.1, 0.15) is 37.0 Å². The Bertz CT molecular complexity index is 802. The van der Waals surface area contributed by atoms with E-state index in [0.29, 0.717) is 6.54 Å². The van der Waals surface area contributed by atoms with Gasteiger partial charge in [-0.1, -0.05) is 12.1 Å². The van der Waals surface area contributed by atoms with Crippen LogP contribution in [-0.2, 0) is 0 Å². The second kappa shape index (κ2) is 7.94. The third-order valence-corrected chi connectivity index (χ3v) is 5.02. The number of nitrogens with one attached hydrogen (secondary N) is 1. The molecule has 0 fully saturated rings. The molecule has 6 heteroatoms. The monoisotopic (exact) mass is 371 g/mol. The molecule has 0 spiro atoms. The van der Waals surface area contributed by atoms with Crippen LogP contribution in [-0.4, -0.2) is 43.7 Å². The van der Waals surface area contributed by atoms with Gasteiger partial charge in [0, 0.05) is 19.2 Å². The molecular formula is C21H29N3O3. The van der Waals surface area contributed by atoms with Crippen LogP contribution in [0.25, 0.3) is 0 Å². The molecule has 0 radical (unpaired) electrons. The van der Waals surface area contributed by atoms with Gasteiger partial charge in [-0.2, -0.15) is 0 Å². The average Bonchev–Trinajstić information content (AvgIpc) is 2.99. The summed E-state index contributed by atoms with van der Waals surface area (Å²) in [5.74, 6) is 2.57. The lowest BCUT2D eigenvalue weighted by Crippen LogP contribution is -2.49. The van der Waals surface area contributed by atoms with E-state index >= 15 is 0 Å². The van der Waals surface area contributed by atoms with Crippen molar-refractivity contribution in [2.24, 2.45) is 0 Å². The SMILES string of the molecule is CCN1C[C@@H](CN(C)C(=O)N[C@H](C)c2cc(C)oc2C)Oc2ccccc21. The Labute approximate surface area is 161 Å². The first-order valence-electron chi connectivity index (χ1n) is 9.48. The molecule has 1 aromatic carbocycles. The van der Waals surface area contributed by atoms with E-state index in [0.717, 1.165) is 41.6 Å². The van der Waals surface area contributed by atoms with Gasteiger partial charge >= 0.3 is 6.03 Å². The maximum atomic E-state index is 12.6. The molecule has 0 saturated carbocycles. The molecule has 1 N–H and O–H groups in total. The second-order valence-corrected chi connectivity index (χ2v) is 7.17. The van der Waals surface area contributed by atoms with E-state index < -0.39 is 0 Å². The second-order valence-electron chi connectivity index (χ2n) is 7.17. The molecule has 1 aromatic heterocycles. The number of ether oxygens (including phenoxy) is 1. The minimum absolute atomic E-state index is 0.0659. The highest BCUT2D eigenvalue weighted by atomic mass is 16.5. The van der Waals surface area contributed by atoms with Gasteiger partial charge in [-0.25, -0.2) is 4.79 Å². The lowest BCUT2D eigenvalue weighted by atomic mass is 10.1. The molecule has 2 amide bonds. The lowest BCUT2D eigenvalue weighted by Gasteiger charge is -2.37. The molecular weight excluding hydrogens is 342 g/mol. The highest BCUT2D eigenvalue weighted by Crippen LogP contribution is 2.32. The fourth-order valence-corrected chi connectivity index (χ4v) is 3.62. The summed E-state index contributed by atoms with van der Waals surface area (Å²) in [4.78, 5) is 16.6. The van der Waals surface area contributed by atoms with Crippen LogP contribution in [0.5, 0.6) is 5.75 Å². The topological polar surface area (TPSA) is 58.0 Å². The smallest absolute Gasteiger partial charge is 0.317 e. The van der Waals surface area contributed by atoms with Crippen molar-refractivity contribution in [3.8, 4) is 5.75 Å². The van der Waals surface area contributed by atoms with Crippen LogP contribution in [0.2, 0.25) is 0 Å². The number of urea groups is 1. The van der Waals surface area contributed by atoms with Crippen molar-refractivity contribution in [2.75, 3.05) is 31.6 Å². The number of furan rings is 1. The molecule has 3 rings (SSSR count). The van der Waals surface area contributed by atoms with E-state index in [2.05, 4.69) is 23.2 Å². The van der Waals surface area contributed by atoms with E-state index in [1.165, 1.54) is 0 Å². The summed E-state index contributed by atoms with van der Waals surface area (Å²) in [6, 6.07) is 9.79. The first-order chi connectivity index (χ1) is 12.9. The van der Waals surface area contributed by atoms with Gasteiger partial charge in [-0.3, -0.25) is 0 Å². The van der Waals surface area contributed by atoms with Gasteiger partial charge in [0.15, 0.2) is 0 Å². The van der Waals surface area contributed by atoms with Crippen molar-refractivity contribution in [1.82, 2.24) is 10.2 Å². The van der Waals surface area contributed by atoms with Crippen molar-refractivity contribution < 1.29 is 13.9 Å². The summed E-state index contributed by atoms with van der Waals surface area (Å²) in [5, 5.41) is 3.04. The van der Waals surface area contributed by atoms with E-state index in [-0.39, 0.29) is 18.2 Å². The zero-order chi connectivity index (χ0) is 19.6. The molecule has 0 bridgehead atoms. The molecule has 27 heavy (non-hydrogen) atoms. The zero-order valence-electron chi connectivity index (χ0n) is 16.8. The standard InChI is InChI=1S/C21H29N3O3/c1-6-24-13-17(27-20-10-8-7-9-19(20)24)12-23(5)21(25)22-15(3)18-11-14(2)26-16(18)4/h7-11,15,17H,6,12-13H2,1-5H3,(H,22,25)/t15-,17-/m1/s1. The minimum Gasteiger partial charge on any atom is -0.485 e. The van der Waals surface area contributed by atoms with Crippen LogP contribution in [0.4, 0.5) is 10.5 Å². The van der Waals surface area contributed by atoms with Crippen LogP contribution in [0, 0.1) is 13.8 Å². The Morgan fingerprint density at radius 1 is 1.37 bits per heavy atom. The number of amides is 2. The summed E-state index contributed by atoms with van der Waals surface area (Å²) in [6.45, 7) is 10.1. The fourth-order valence-electron chi connectivity index (χ4n) is 3.62. The number of benzene rings is 1. The zero-order valence-corrected chi connectivity index (χ0v) is 16.8. The predicted molar refractivity (Wildman–Crippen MR) is 107 cm³/mol. The quantitative estimate of drug-likeness (QED) is 0.866. The summed E-state index contributed by atoms with van der Waals surface area (Å²) < 4.78 is 11.7. The number of nitrogens with zero attached hydrogens (tertiary/aromatic N) is 2. The molecule has 1 aliphatic heterocycles. The highest BCUT2D eigenvalue weighted by molar-refractivity contribution is 5.74. The van der Waals surface area contributed by atoms with E-state index in [1.54, 1.807) is 11.9 Å². The Balaban J connectivity index is 1.61. The van der Waals surface area contributed by atoms with Gasteiger partial charge in [0.25, 0.3) is 0 Å². The molecule has 0 aliphatic carbocycles. The predicted octanol–water partition coefficient (Wildman–Crippen LogP) is 3.89. The third-order valence-electron chi connectivity index (χ3n) is 5.02. The van der Waals surface area contributed by atoms with Gasteiger partial charge < -0.3 is 24.3 Å². The maximum absolute atomic E-state index is 12.6. The number of likely N-dealkylation sites (N-methyl/N-ethyl adjacent to an activating group) is 2. The largest absolute Gasteiger partial charge is 0.485 e. The lowest BCUT2D eigenvalue weighted by molar-refractivity contribution is 0.144. The van der Waals surface area contributed by atoms with Crippen LogP contribution in [0.15, 0.2) is 34.7 Å². The minimum atomic E-state index is -0.119. The Kier molecular flexibility index (Phi) is 5.63. The number of carbonyl (C=O) groups excluding carboxylic acids is 1. The maximum Gasteiger partial charge on any atom is 0.317 e. The van der Waals surface area contributed by atoms with Gasteiger partial charge in [0.1, 0.15) is 23.4 Å². The van der Waals surface area contributed by atoms with E-state index in [9.17, 15) is 4.79 Å². The summed E-state index contributed by atoms with van der Waals surface area (Å²) >= 11 is 0. The average molecular weight is 371 g/mol. The number of hydrogen-bond donors (Lipinski definition) is 1. The fraction of sp³-hybridized carbons (Fsp3) is 0.476. The van der Waals surface area contributed by atoms with Crippen LogP contribution >= 0.6 is 0 Å². The summed E-state index contributed by atoms with van der Waals surface area (Å²) in [7, 11) is 1.80. The molecule has 2 aromatic rings. The molecule has 146 valence electrons. The summed E-state index contributed by atoms with van der Waals surface area (Å²) in [6.07, 6.45) is -0.0659. The molecule has 2 heterocycles. The Morgan fingerprint density at radius 2 is 2.11 bits per heavy atom. The van der Waals surface area contributed by atoms with Crippen molar-refractivity contribution in [3.05, 3.63) is 47.4 Å². The highest BCUT2D eigenvalue weighted by Gasteiger charge is 2.27. The normalized spacial score (nSPS) is 17.1. The summed E-state index contributed by atoms with van der Waals surface area (Å²) in [5.41, 5.74) is 2.12. The van der Waals surface area contributed by atoms with Crippen molar-refractivity contribution >= 4 is 11.7 Å². The van der Waals surface area contributed by atoms with E-state index in [1.807, 2.05) is 45.0 Å². The Hall–Kier alpha value is -2.63. The molecule has 1 aliphatic rings. The third kappa shape index (κ3) is 4.21. The van der Waals surface area contributed by atoms with Gasteiger partial charge in [0.2, 0.25) is 0 Å². The number of anilines is 1. The molecule has 0 saturated heterocycles. The van der Waals surface area contributed by atoms with E-state index in [4.69, 9.17) is 9.15 Å². The van der Waals surface area contributed by atoms with Gasteiger partial charge in [-0.15, -0.1) is 0 Å². The number of aryl methyl sites for hydroxylation is 2. The molecule has 2 atom stereocenters. The Morgan fingerprint density at radius 3 is 2.78 bits per heavy atom. The number of carbonyl (C=O) groups is 1. The number of para-hydroxylation sites is 2. The molecule has 6 nitrogen and oxygen atoms in total. The van der Waals surface area contributed by atoms with Crippen molar-refractivity contribution in [1.29, 1.82) is 0 Å². The van der Waals surface area contributed by atoms with Gasteiger partial charge in [0.05, 0.1) is 24.8 Å².